The Hall–Kier alpha value is -2.72. The number of Topliss-reactive ketones (excluding diaryl/α,β-unsaturated/α-hetero) is 1. The second-order valence-electron chi connectivity index (χ2n) is 13.2. The minimum atomic E-state index is -3.93. The molecule has 1 fully saturated rings. The zero-order valence-electron chi connectivity index (χ0n) is 26.8. The highest BCUT2D eigenvalue weighted by molar-refractivity contribution is 7.93. The third-order valence-corrected chi connectivity index (χ3v) is 13.5. The van der Waals surface area contributed by atoms with E-state index in [-0.39, 0.29) is 41.2 Å². The van der Waals surface area contributed by atoms with Gasteiger partial charge in [0.05, 0.1) is 22.1 Å². The number of hydrogen-bond donors (Lipinski definition) is 1. The van der Waals surface area contributed by atoms with E-state index in [1.807, 2.05) is 44.2 Å². The van der Waals surface area contributed by atoms with Gasteiger partial charge >= 0.3 is 0 Å². The number of nitrogens with zero attached hydrogens (tertiary/aromatic N) is 1. The molecule has 5 atom stereocenters. The molecule has 0 spiro atoms. The third kappa shape index (κ3) is 8.04. The fourth-order valence-corrected chi connectivity index (χ4v) is 9.39. The molecule has 1 N–H and O–H groups in total. The molecule has 1 aliphatic rings. The molecule has 0 aliphatic carbocycles. The van der Waals surface area contributed by atoms with Crippen LogP contribution in [0, 0.1) is 16.1 Å². The number of nitrogens with one attached hydrogen (secondary N) is 1. The molecular weight excluding hydrogens is 663 g/mol. The number of hydrogen-bond acceptors (Lipinski definition) is 6. The monoisotopic (exact) mass is 704 g/mol. The number of ketones is 1. The summed E-state index contributed by atoms with van der Waals surface area (Å²) in [5.74, 6) is -2.25. The summed E-state index contributed by atoms with van der Waals surface area (Å²) >= 11 is 12.8. The van der Waals surface area contributed by atoms with Gasteiger partial charge in [0.25, 0.3) is 0 Å². The molecule has 0 aromatic heterocycles. The maximum atomic E-state index is 14.9. The molecule has 1 amide bonds. The number of benzene rings is 3. The third-order valence-electron chi connectivity index (χ3n) is 8.94. The molecule has 7 nitrogen and oxygen atoms in total. The molecule has 3 aromatic carbocycles. The summed E-state index contributed by atoms with van der Waals surface area (Å²) in [4.78, 5) is 30.3. The summed E-state index contributed by atoms with van der Waals surface area (Å²) in [5, 5.41) is 0.598. The molecule has 0 bridgehead atoms. The lowest BCUT2D eigenvalue weighted by Gasteiger charge is -2.53. The quantitative estimate of drug-likeness (QED) is 0.206. The molecule has 0 saturated carbocycles. The highest BCUT2D eigenvalue weighted by Gasteiger charge is 2.53. The Morgan fingerprint density at radius 1 is 0.913 bits per heavy atom. The van der Waals surface area contributed by atoms with Crippen LogP contribution in [0.5, 0.6) is 0 Å². The average molecular weight is 706 g/mol. The molecule has 1 unspecified atom stereocenters. The number of sulfone groups is 1. The van der Waals surface area contributed by atoms with E-state index in [0.717, 1.165) is 11.1 Å². The van der Waals surface area contributed by atoms with Gasteiger partial charge in [0.2, 0.25) is 5.91 Å². The first-order valence-electron chi connectivity index (χ1n) is 15.3. The molecular formula is C35H42Cl2N2O5S2. The predicted molar refractivity (Wildman–Crippen MR) is 186 cm³/mol. The largest absolute Gasteiger partial charge is 0.330 e. The summed E-state index contributed by atoms with van der Waals surface area (Å²) in [7, 11) is -7.04. The van der Waals surface area contributed by atoms with Crippen molar-refractivity contribution in [3.8, 4) is 0 Å². The van der Waals surface area contributed by atoms with Crippen molar-refractivity contribution >= 4 is 54.5 Å². The van der Waals surface area contributed by atoms with Gasteiger partial charge in [0.1, 0.15) is 11.5 Å². The Kier molecular flexibility index (Phi) is 11.1. The van der Waals surface area contributed by atoms with Crippen LogP contribution in [0.25, 0.3) is 0 Å². The van der Waals surface area contributed by atoms with E-state index in [0.29, 0.717) is 10.0 Å². The minimum Gasteiger partial charge on any atom is -0.330 e. The fraction of sp³-hybridized carbons (Fsp3) is 0.429. The van der Waals surface area contributed by atoms with E-state index in [1.54, 1.807) is 62.1 Å². The summed E-state index contributed by atoms with van der Waals surface area (Å²) < 4.78 is 48.7. The Bertz CT molecular complexity index is 1780. The predicted octanol–water partition coefficient (Wildman–Crippen LogP) is 7.97. The SMILES string of the molecule is CC(C)[C@@H](CS(=N)(=O)C(C)C)N1C(=O)[C@@](C)(CC(=O)CS(=O)(=O)c2ccccc2)C[C@H](c2cccc(Cl)c2)[C@H]1c1ccc(Cl)cc1. The Morgan fingerprint density at radius 2 is 1.54 bits per heavy atom. The second kappa shape index (κ2) is 14.2. The van der Waals surface area contributed by atoms with Gasteiger partial charge in [-0.3, -0.25) is 14.4 Å². The lowest BCUT2D eigenvalue weighted by molar-refractivity contribution is -0.157. The fourth-order valence-electron chi connectivity index (χ4n) is 6.36. The van der Waals surface area contributed by atoms with Crippen LogP contribution in [0.15, 0.2) is 83.8 Å². The van der Waals surface area contributed by atoms with Crippen LogP contribution in [0.2, 0.25) is 10.0 Å². The lowest BCUT2D eigenvalue weighted by Crippen LogP contribution is -2.59. The first-order valence-corrected chi connectivity index (χ1v) is 19.5. The van der Waals surface area contributed by atoms with Gasteiger partial charge in [-0.25, -0.2) is 12.6 Å². The van der Waals surface area contributed by atoms with Crippen molar-refractivity contribution in [3.05, 3.63) is 100 Å². The number of rotatable bonds is 12. The zero-order valence-corrected chi connectivity index (χ0v) is 29.9. The van der Waals surface area contributed by atoms with Crippen molar-refractivity contribution in [2.75, 3.05) is 11.5 Å². The standard InChI is InChI=1S/C35H42Cl2N2O5S2/c1-23(2)32(22-45(38,42)24(3)4)39-33(25-14-16-27(36)17-15-25)31(26-10-9-11-28(37)18-26)20-35(5,34(39)41)19-29(40)21-46(43,44)30-12-7-6-8-13-30/h6-18,23-24,31-33,38H,19-22H2,1-5H3/t31-,32-,33-,35+,45?/m1/s1. The van der Waals surface area contributed by atoms with Gasteiger partial charge in [0, 0.05) is 43.4 Å². The van der Waals surface area contributed by atoms with E-state index >= 15 is 0 Å². The van der Waals surface area contributed by atoms with E-state index < -0.39 is 53.9 Å². The van der Waals surface area contributed by atoms with Gasteiger partial charge in [-0.2, -0.15) is 0 Å². The number of piperidine rings is 1. The first-order chi connectivity index (χ1) is 21.4. The lowest BCUT2D eigenvalue weighted by atomic mass is 9.66. The summed E-state index contributed by atoms with van der Waals surface area (Å²) in [6.45, 7) is 9.07. The number of carbonyl (C=O) groups excluding carboxylic acids is 2. The maximum absolute atomic E-state index is 14.9. The molecule has 4 rings (SSSR count). The van der Waals surface area contributed by atoms with Gasteiger partial charge in [-0.05, 0) is 59.9 Å². The van der Waals surface area contributed by atoms with E-state index in [1.165, 1.54) is 12.1 Å². The van der Waals surface area contributed by atoms with Crippen LogP contribution < -0.4 is 0 Å². The molecule has 1 saturated heterocycles. The summed E-state index contributed by atoms with van der Waals surface area (Å²) in [5.41, 5.74) is 0.348. The van der Waals surface area contributed by atoms with Crippen LogP contribution >= 0.6 is 23.2 Å². The van der Waals surface area contributed by atoms with E-state index in [4.69, 9.17) is 28.0 Å². The topological polar surface area (TPSA) is 112 Å². The van der Waals surface area contributed by atoms with Gasteiger partial charge in [-0.1, -0.05) is 100 Å². The van der Waals surface area contributed by atoms with Crippen LogP contribution in [0.1, 0.15) is 70.5 Å². The van der Waals surface area contributed by atoms with E-state index in [2.05, 4.69) is 0 Å². The number of amides is 1. The maximum Gasteiger partial charge on any atom is 0.229 e. The first kappa shape index (κ1) is 36.1. The Balaban J connectivity index is 1.88. The van der Waals surface area contributed by atoms with Crippen LogP contribution in [0.4, 0.5) is 0 Å². The Labute approximate surface area is 283 Å². The zero-order chi connectivity index (χ0) is 34.0. The molecule has 248 valence electrons. The second-order valence-corrected chi connectivity index (χ2v) is 18.8. The highest BCUT2D eigenvalue weighted by atomic mass is 35.5. The molecule has 11 heteroatoms. The number of halogens is 2. The molecule has 46 heavy (non-hydrogen) atoms. The van der Waals surface area contributed by atoms with Crippen molar-refractivity contribution < 1.29 is 22.2 Å². The van der Waals surface area contributed by atoms with Crippen molar-refractivity contribution in [1.29, 1.82) is 4.78 Å². The normalized spacial score (nSPS) is 22.5. The van der Waals surface area contributed by atoms with Crippen LogP contribution in [-0.4, -0.2) is 52.0 Å². The van der Waals surface area contributed by atoms with Crippen LogP contribution in [0.3, 0.4) is 0 Å². The van der Waals surface area contributed by atoms with Crippen molar-refractivity contribution in [2.45, 2.75) is 75.6 Å². The van der Waals surface area contributed by atoms with Crippen LogP contribution in [-0.2, 0) is 29.2 Å². The highest BCUT2D eigenvalue weighted by Crippen LogP contribution is 2.52. The van der Waals surface area contributed by atoms with Crippen molar-refractivity contribution in [2.24, 2.45) is 11.3 Å². The van der Waals surface area contributed by atoms with Gasteiger partial charge < -0.3 is 4.90 Å². The summed E-state index contributed by atoms with van der Waals surface area (Å²) in [6.07, 6.45) is -0.0671. The smallest absolute Gasteiger partial charge is 0.229 e. The van der Waals surface area contributed by atoms with Gasteiger partial charge in [0.15, 0.2) is 9.84 Å². The Morgan fingerprint density at radius 3 is 2.11 bits per heavy atom. The molecule has 1 aliphatic heterocycles. The molecule has 3 aromatic rings. The average Bonchev–Trinajstić information content (AvgIpc) is 2.98. The number of carbonyl (C=O) groups is 2. The molecule has 0 radical (unpaired) electrons. The van der Waals surface area contributed by atoms with Gasteiger partial charge in [-0.15, -0.1) is 0 Å². The van der Waals surface area contributed by atoms with Crippen molar-refractivity contribution in [1.82, 2.24) is 4.90 Å². The van der Waals surface area contributed by atoms with Crippen molar-refractivity contribution in [3.63, 3.8) is 0 Å². The van der Waals surface area contributed by atoms with E-state index in [9.17, 15) is 22.2 Å². The minimum absolute atomic E-state index is 0.0449. The number of likely N-dealkylation sites (tertiary alicyclic amines) is 1. The molecule has 1 heterocycles. The summed E-state index contributed by atoms with van der Waals surface area (Å²) in [6, 6.07) is 21.2.